The summed E-state index contributed by atoms with van der Waals surface area (Å²) in [5.74, 6) is 1.14. The smallest absolute Gasteiger partial charge is 0.225 e. The van der Waals surface area contributed by atoms with Gasteiger partial charge in [0.2, 0.25) is 15.9 Å². The van der Waals surface area contributed by atoms with Crippen molar-refractivity contribution in [3.8, 4) is 0 Å². The average Bonchev–Trinajstić information content (AvgIpc) is 2.85. The maximum atomic E-state index is 13.2. The van der Waals surface area contributed by atoms with Gasteiger partial charge in [0.15, 0.2) is 0 Å². The molecule has 2 fully saturated rings. The van der Waals surface area contributed by atoms with Gasteiger partial charge in [0, 0.05) is 56.1 Å². The predicted molar refractivity (Wildman–Crippen MR) is 136 cm³/mol. The number of nitrogens with one attached hydrogen (secondary N) is 1. The second kappa shape index (κ2) is 11.5. The molecule has 2 aromatic rings. The highest BCUT2D eigenvalue weighted by atomic mass is 32.2. The van der Waals surface area contributed by atoms with Crippen LogP contribution in [0.1, 0.15) is 42.9 Å². The fourth-order valence-corrected chi connectivity index (χ4v) is 5.80. The molecule has 0 radical (unpaired) electrons. The van der Waals surface area contributed by atoms with Gasteiger partial charge in [0.25, 0.3) is 0 Å². The molecule has 2 aromatic heterocycles. The first-order chi connectivity index (χ1) is 16.8. The van der Waals surface area contributed by atoms with E-state index in [-0.39, 0.29) is 23.7 Å². The van der Waals surface area contributed by atoms with Gasteiger partial charge in [-0.15, -0.1) is 0 Å². The molecule has 10 heteroatoms. The number of carbonyl (C=O) groups is 1. The monoisotopic (exact) mass is 500 g/mol. The number of nitrogen functional groups attached to an aromatic ring is 1. The number of pyridine rings is 2. The van der Waals surface area contributed by atoms with Crippen LogP contribution in [0.2, 0.25) is 0 Å². The van der Waals surface area contributed by atoms with Gasteiger partial charge in [-0.3, -0.25) is 14.7 Å². The van der Waals surface area contributed by atoms with Gasteiger partial charge >= 0.3 is 0 Å². The molecule has 2 aliphatic rings. The molecule has 0 saturated carbocycles. The summed E-state index contributed by atoms with van der Waals surface area (Å²) in [6, 6.07) is 9.65. The molecule has 9 nitrogen and oxygen atoms in total. The largest absolute Gasteiger partial charge is 0.384 e. The molecular weight excluding hydrogens is 464 g/mol. The maximum absolute atomic E-state index is 13.2. The number of anilines is 1. The number of hydrogen-bond acceptors (Lipinski definition) is 7. The molecular formula is C25H36N6O3S. The lowest BCUT2D eigenvalue weighted by molar-refractivity contribution is -0.138. The van der Waals surface area contributed by atoms with E-state index in [1.54, 1.807) is 12.4 Å². The molecule has 0 aromatic carbocycles. The molecule has 0 aliphatic carbocycles. The van der Waals surface area contributed by atoms with Crippen molar-refractivity contribution < 1.29 is 13.2 Å². The first-order valence-corrected chi connectivity index (χ1v) is 14.2. The van der Waals surface area contributed by atoms with Crippen molar-refractivity contribution >= 4 is 21.7 Å². The van der Waals surface area contributed by atoms with E-state index in [2.05, 4.69) is 19.6 Å². The summed E-state index contributed by atoms with van der Waals surface area (Å²) in [6.45, 7) is 4.37. The second-order valence-corrected chi connectivity index (χ2v) is 11.6. The Hall–Kier alpha value is -2.56. The van der Waals surface area contributed by atoms with Crippen molar-refractivity contribution in [3.63, 3.8) is 0 Å². The van der Waals surface area contributed by atoms with Gasteiger partial charge in [-0.05, 0) is 74.5 Å². The van der Waals surface area contributed by atoms with Crippen molar-refractivity contribution in [1.29, 1.82) is 0 Å². The summed E-state index contributed by atoms with van der Waals surface area (Å²) in [4.78, 5) is 26.2. The van der Waals surface area contributed by atoms with E-state index in [1.807, 2.05) is 35.2 Å². The SMILES string of the molecule is CS(=O)(=O)NCC(c1ccccn1)C1CCN(C(=O)C2CCN(Cc3ccnc(N)c3)CC2)CC1. The molecule has 2 aliphatic heterocycles. The topological polar surface area (TPSA) is 122 Å². The summed E-state index contributed by atoms with van der Waals surface area (Å²) >= 11 is 0. The zero-order chi connectivity index (χ0) is 24.8. The Labute approximate surface area is 208 Å². The van der Waals surface area contributed by atoms with Gasteiger partial charge in [-0.1, -0.05) is 6.07 Å². The van der Waals surface area contributed by atoms with Gasteiger partial charge in [-0.2, -0.15) is 0 Å². The molecule has 0 spiro atoms. The van der Waals surface area contributed by atoms with Crippen LogP contribution >= 0.6 is 0 Å². The molecule has 35 heavy (non-hydrogen) atoms. The van der Waals surface area contributed by atoms with E-state index in [4.69, 9.17) is 5.73 Å². The van der Waals surface area contributed by atoms with E-state index >= 15 is 0 Å². The molecule has 1 unspecified atom stereocenters. The number of nitrogens with two attached hydrogens (primary N) is 1. The van der Waals surface area contributed by atoms with Gasteiger partial charge in [-0.25, -0.2) is 18.1 Å². The minimum Gasteiger partial charge on any atom is -0.384 e. The highest BCUT2D eigenvalue weighted by Crippen LogP contribution is 2.33. The second-order valence-electron chi connectivity index (χ2n) is 9.78. The highest BCUT2D eigenvalue weighted by Gasteiger charge is 2.34. The third-order valence-corrected chi connectivity index (χ3v) is 7.93. The number of sulfonamides is 1. The van der Waals surface area contributed by atoms with Crippen LogP contribution in [0, 0.1) is 11.8 Å². The van der Waals surface area contributed by atoms with Crippen molar-refractivity contribution in [2.75, 3.05) is 44.7 Å². The summed E-state index contributed by atoms with van der Waals surface area (Å²) < 4.78 is 26.1. The van der Waals surface area contributed by atoms with E-state index in [0.29, 0.717) is 25.5 Å². The average molecular weight is 501 g/mol. The third kappa shape index (κ3) is 7.22. The van der Waals surface area contributed by atoms with E-state index in [1.165, 1.54) is 6.26 Å². The minimum atomic E-state index is -3.29. The first-order valence-electron chi connectivity index (χ1n) is 12.4. The minimum absolute atomic E-state index is 0.00589. The Morgan fingerprint density at radius 1 is 1.09 bits per heavy atom. The summed E-state index contributed by atoms with van der Waals surface area (Å²) in [5, 5.41) is 0. The molecule has 1 atom stereocenters. The zero-order valence-corrected chi connectivity index (χ0v) is 21.2. The molecule has 1 amide bonds. The normalized spacial score (nSPS) is 19.5. The summed E-state index contributed by atoms with van der Waals surface area (Å²) in [7, 11) is -3.29. The zero-order valence-electron chi connectivity index (χ0n) is 20.3. The number of aromatic nitrogens is 2. The lowest BCUT2D eigenvalue weighted by atomic mass is 9.81. The molecule has 3 N–H and O–H groups in total. The number of piperidine rings is 2. The number of amides is 1. The van der Waals surface area contributed by atoms with E-state index < -0.39 is 10.0 Å². The summed E-state index contributed by atoms with van der Waals surface area (Å²) in [5.41, 5.74) is 7.84. The Morgan fingerprint density at radius 3 is 2.46 bits per heavy atom. The van der Waals surface area contributed by atoms with Crippen molar-refractivity contribution in [2.45, 2.75) is 38.1 Å². The van der Waals surface area contributed by atoms with Crippen LogP contribution in [-0.4, -0.2) is 73.1 Å². The van der Waals surface area contributed by atoms with E-state index in [0.717, 1.165) is 56.6 Å². The highest BCUT2D eigenvalue weighted by molar-refractivity contribution is 7.88. The van der Waals surface area contributed by atoms with Crippen molar-refractivity contribution in [1.82, 2.24) is 24.5 Å². The lowest BCUT2D eigenvalue weighted by Crippen LogP contribution is -2.46. The maximum Gasteiger partial charge on any atom is 0.225 e. The fraction of sp³-hybridized carbons (Fsp3) is 0.560. The number of hydrogen-bond donors (Lipinski definition) is 2. The molecule has 4 rings (SSSR count). The lowest BCUT2D eigenvalue weighted by Gasteiger charge is -2.39. The third-order valence-electron chi connectivity index (χ3n) is 7.24. The van der Waals surface area contributed by atoms with Crippen molar-refractivity contribution in [2.24, 2.45) is 11.8 Å². The van der Waals surface area contributed by atoms with Crippen LogP contribution in [0.4, 0.5) is 5.82 Å². The Morgan fingerprint density at radius 2 is 1.83 bits per heavy atom. The van der Waals surface area contributed by atoms with Crippen LogP contribution in [0.15, 0.2) is 42.7 Å². The number of nitrogens with zero attached hydrogens (tertiary/aromatic N) is 4. The Bertz CT molecular complexity index is 1080. The van der Waals surface area contributed by atoms with Gasteiger partial charge in [0.1, 0.15) is 5.82 Å². The van der Waals surface area contributed by atoms with Crippen LogP contribution in [0.5, 0.6) is 0 Å². The van der Waals surface area contributed by atoms with E-state index in [9.17, 15) is 13.2 Å². The summed E-state index contributed by atoms with van der Waals surface area (Å²) in [6.07, 6.45) is 8.10. The van der Waals surface area contributed by atoms with Crippen molar-refractivity contribution in [3.05, 3.63) is 54.0 Å². The van der Waals surface area contributed by atoms with Gasteiger partial charge in [0.05, 0.1) is 6.26 Å². The molecule has 0 bridgehead atoms. The quantitative estimate of drug-likeness (QED) is 0.567. The first kappa shape index (κ1) is 25.5. The van der Waals surface area contributed by atoms with Crippen LogP contribution in [0.25, 0.3) is 0 Å². The standard InChI is InChI=1S/C25H36N6O3S/c1-35(33,34)29-17-22(23-4-2-3-10-27-23)20-8-14-31(15-9-20)25(32)21-6-12-30(13-7-21)18-19-5-11-28-24(26)16-19/h2-5,10-11,16,20-22,29H,6-9,12-15,17-18H2,1H3,(H2,26,28). The Balaban J connectivity index is 1.28. The van der Waals surface area contributed by atoms with Gasteiger partial charge < -0.3 is 10.6 Å². The molecule has 4 heterocycles. The Kier molecular flexibility index (Phi) is 8.35. The fourth-order valence-electron chi connectivity index (χ4n) is 5.32. The predicted octanol–water partition coefficient (Wildman–Crippen LogP) is 1.84. The number of carbonyl (C=O) groups excluding carboxylic acids is 1. The number of rotatable bonds is 8. The van der Waals surface area contributed by atoms with Crippen LogP contribution in [0.3, 0.4) is 0 Å². The molecule has 190 valence electrons. The number of likely N-dealkylation sites (tertiary alicyclic amines) is 2. The van der Waals surface area contributed by atoms with Crippen LogP contribution in [-0.2, 0) is 21.4 Å². The molecule has 2 saturated heterocycles. The van der Waals surface area contributed by atoms with Crippen LogP contribution < -0.4 is 10.5 Å².